The molecule has 2 aromatic carbocycles. The summed E-state index contributed by atoms with van der Waals surface area (Å²) in [4.78, 5) is 11.5. The first kappa shape index (κ1) is 15.1. The standard InChI is InChI=1S/C17H16ClNO2/c18-15-8-10-16(11-9-15)19-13-17(20)21-12-4-7-14-5-2-1-3-6-14/h1-11,19H,12-13H2/b7-4+. The Labute approximate surface area is 129 Å². The Morgan fingerprint density at radius 2 is 1.81 bits per heavy atom. The molecule has 0 atom stereocenters. The molecule has 1 N–H and O–H groups in total. The summed E-state index contributed by atoms with van der Waals surface area (Å²) in [6, 6.07) is 17.0. The van der Waals surface area contributed by atoms with Gasteiger partial charge in [-0.2, -0.15) is 0 Å². The van der Waals surface area contributed by atoms with Gasteiger partial charge < -0.3 is 10.1 Å². The van der Waals surface area contributed by atoms with Crippen molar-refractivity contribution in [2.24, 2.45) is 0 Å². The third-order valence-corrected chi connectivity index (χ3v) is 2.98. The van der Waals surface area contributed by atoms with Crippen molar-refractivity contribution in [2.75, 3.05) is 18.5 Å². The Hall–Kier alpha value is -2.26. The highest BCUT2D eigenvalue weighted by Gasteiger charge is 2.01. The number of ether oxygens (including phenoxy) is 1. The molecule has 0 fully saturated rings. The summed E-state index contributed by atoms with van der Waals surface area (Å²) in [6.45, 7) is 0.386. The predicted molar refractivity (Wildman–Crippen MR) is 86.4 cm³/mol. The van der Waals surface area contributed by atoms with Crippen LogP contribution in [0.4, 0.5) is 5.69 Å². The third-order valence-electron chi connectivity index (χ3n) is 2.73. The maximum Gasteiger partial charge on any atom is 0.325 e. The molecule has 0 amide bonds. The number of carbonyl (C=O) groups is 1. The van der Waals surface area contributed by atoms with E-state index in [0.717, 1.165) is 11.3 Å². The molecule has 0 aromatic heterocycles. The van der Waals surface area contributed by atoms with E-state index in [1.165, 1.54) is 0 Å². The van der Waals surface area contributed by atoms with E-state index in [1.54, 1.807) is 12.1 Å². The summed E-state index contributed by atoms with van der Waals surface area (Å²) in [5.41, 5.74) is 1.91. The highest BCUT2D eigenvalue weighted by Crippen LogP contribution is 2.12. The molecule has 4 heteroatoms. The molecule has 0 unspecified atom stereocenters. The number of rotatable bonds is 6. The average Bonchev–Trinajstić information content (AvgIpc) is 2.52. The van der Waals surface area contributed by atoms with E-state index in [1.807, 2.05) is 54.6 Å². The van der Waals surface area contributed by atoms with E-state index >= 15 is 0 Å². The molecule has 0 saturated heterocycles. The van der Waals surface area contributed by atoms with Gasteiger partial charge in [0.15, 0.2) is 0 Å². The second-order valence-electron chi connectivity index (χ2n) is 4.36. The number of carbonyl (C=O) groups excluding carboxylic acids is 1. The first-order valence-corrected chi connectivity index (χ1v) is 6.98. The number of hydrogen-bond donors (Lipinski definition) is 1. The topological polar surface area (TPSA) is 38.3 Å². The van der Waals surface area contributed by atoms with Gasteiger partial charge in [-0.05, 0) is 35.9 Å². The minimum absolute atomic E-state index is 0.126. The van der Waals surface area contributed by atoms with E-state index in [9.17, 15) is 4.79 Å². The normalized spacial score (nSPS) is 10.5. The van der Waals surface area contributed by atoms with Crippen molar-refractivity contribution in [1.82, 2.24) is 0 Å². The number of esters is 1. The molecular weight excluding hydrogens is 286 g/mol. The smallest absolute Gasteiger partial charge is 0.325 e. The van der Waals surface area contributed by atoms with E-state index in [2.05, 4.69) is 5.32 Å². The first-order chi connectivity index (χ1) is 10.2. The molecule has 2 rings (SSSR count). The number of anilines is 1. The summed E-state index contributed by atoms with van der Waals surface area (Å²) >= 11 is 5.78. The zero-order valence-electron chi connectivity index (χ0n) is 11.5. The molecule has 0 spiro atoms. The summed E-state index contributed by atoms with van der Waals surface area (Å²) < 4.78 is 5.09. The average molecular weight is 302 g/mol. The van der Waals surface area contributed by atoms with Crippen molar-refractivity contribution < 1.29 is 9.53 Å². The lowest BCUT2D eigenvalue weighted by molar-refractivity contribution is -0.140. The summed E-state index contributed by atoms with van der Waals surface area (Å²) in [5.74, 6) is -0.303. The predicted octanol–water partition coefficient (Wildman–Crippen LogP) is 4.01. The van der Waals surface area contributed by atoms with E-state index < -0.39 is 0 Å². The lowest BCUT2D eigenvalue weighted by atomic mass is 10.2. The fourth-order valence-electron chi connectivity index (χ4n) is 1.68. The highest BCUT2D eigenvalue weighted by molar-refractivity contribution is 6.30. The van der Waals surface area contributed by atoms with Gasteiger partial charge in [0.25, 0.3) is 0 Å². The molecule has 2 aromatic rings. The van der Waals surface area contributed by atoms with E-state index in [-0.39, 0.29) is 19.1 Å². The van der Waals surface area contributed by atoms with Crippen LogP contribution in [0.15, 0.2) is 60.7 Å². The quantitative estimate of drug-likeness (QED) is 0.819. The molecule has 21 heavy (non-hydrogen) atoms. The van der Waals surface area contributed by atoms with Crippen LogP contribution >= 0.6 is 11.6 Å². The van der Waals surface area contributed by atoms with Crippen LogP contribution in [0.5, 0.6) is 0 Å². The van der Waals surface area contributed by atoms with Gasteiger partial charge >= 0.3 is 5.97 Å². The minimum atomic E-state index is -0.303. The molecule has 0 aliphatic carbocycles. The van der Waals surface area contributed by atoms with Crippen molar-refractivity contribution >= 4 is 29.3 Å². The summed E-state index contributed by atoms with van der Waals surface area (Å²) in [5, 5.41) is 3.63. The van der Waals surface area contributed by atoms with Crippen molar-refractivity contribution in [2.45, 2.75) is 0 Å². The Bertz CT molecular complexity index is 594. The molecule has 0 saturated carbocycles. The molecule has 0 heterocycles. The zero-order valence-corrected chi connectivity index (χ0v) is 12.2. The lowest BCUT2D eigenvalue weighted by Crippen LogP contribution is -2.16. The van der Waals surface area contributed by atoms with Gasteiger partial charge in [0.1, 0.15) is 13.2 Å². The summed E-state index contributed by atoms with van der Waals surface area (Å²) in [6.07, 6.45) is 3.73. The van der Waals surface area contributed by atoms with Gasteiger partial charge in [-0.25, -0.2) is 0 Å². The zero-order chi connectivity index (χ0) is 14.9. The fourth-order valence-corrected chi connectivity index (χ4v) is 1.81. The monoisotopic (exact) mass is 301 g/mol. The van der Waals surface area contributed by atoms with Crippen LogP contribution in [0.2, 0.25) is 5.02 Å². The van der Waals surface area contributed by atoms with Gasteiger partial charge in [-0.1, -0.05) is 48.0 Å². The Balaban J connectivity index is 1.68. The van der Waals surface area contributed by atoms with Crippen LogP contribution in [0.1, 0.15) is 5.56 Å². The van der Waals surface area contributed by atoms with E-state index in [0.29, 0.717) is 5.02 Å². The fraction of sp³-hybridized carbons (Fsp3) is 0.118. The highest BCUT2D eigenvalue weighted by atomic mass is 35.5. The molecule has 0 radical (unpaired) electrons. The van der Waals surface area contributed by atoms with Crippen molar-refractivity contribution in [3.8, 4) is 0 Å². The van der Waals surface area contributed by atoms with Crippen molar-refractivity contribution in [3.05, 3.63) is 71.3 Å². The van der Waals surface area contributed by atoms with Gasteiger partial charge in [0.2, 0.25) is 0 Å². The van der Waals surface area contributed by atoms with Gasteiger partial charge in [-0.15, -0.1) is 0 Å². The molecule has 0 bridgehead atoms. The number of benzene rings is 2. The van der Waals surface area contributed by atoms with Crippen molar-refractivity contribution in [1.29, 1.82) is 0 Å². The van der Waals surface area contributed by atoms with Crippen LogP contribution in [-0.2, 0) is 9.53 Å². The SMILES string of the molecule is O=C(CNc1ccc(Cl)cc1)OC/C=C/c1ccccc1. The second kappa shape index (κ2) is 8.12. The second-order valence-corrected chi connectivity index (χ2v) is 4.79. The first-order valence-electron chi connectivity index (χ1n) is 6.61. The molecular formula is C17H16ClNO2. The van der Waals surface area contributed by atoms with Crippen LogP contribution in [0, 0.1) is 0 Å². The summed E-state index contributed by atoms with van der Waals surface area (Å²) in [7, 11) is 0. The van der Waals surface area contributed by atoms with Gasteiger partial charge in [0, 0.05) is 10.7 Å². The minimum Gasteiger partial charge on any atom is -0.460 e. The molecule has 0 aliphatic heterocycles. The van der Waals surface area contributed by atoms with Crippen molar-refractivity contribution in [3.63, 3.8) is 0 Å². The van der Waals surface area contributed by atoms with Crippen LogP contribution < -0.4 is 5.32 Å². The number of halogens is 1. The number of hydrogen-bond acceptors (Lipinski definition) is 3. The molecule has 108 valence electrons. The van der Waals surface area contributed by atoms with Crippen LogP contribution in [-0.4, -0.2) is 19.1 Å². The molecule has 0 aliphatic rings. The Morgan fingerprint density at radius 1 is 1.10 bits per heavy atom. The Morgan fingerprint density at radius 3 is 2.52 bits per heavy atom. The maximum atomic E-state index is 11.5. The number of nitrogens with one attached hydrogen (secondary N) is 1. The van der Waals surface area contributed by atoms with Gasteiger partial charge in [0.05, 0.1) is 0 Å². The van der Waals surface area contributed by atoms with Gasteiger partial charge in [-0.3, -0.25) is 4.79 Å². The third kappa shape index (κ3) is 5.71. The Kier molecular flexibility index (Phi) is 5.85. The molecule has 3 nitrogen and oxygen atoms in total. The lowest BCUT2D eigenvalue weighted by Gasteiger charge is -2.05. The maximum absolute atomic E-state index is 11.5. The largest absolute Gasteiger partial charge is 0.460 e. The van der Waals surface area contributed by atoms with E-state index in [4.69, 9.17) is 16.3 Å². The van der Waals surface area contributed by atoms with Crippen LogP contribution in [0.3, 0.4) is 0 Å². The van der Waals surface area contributed by atoms with Crippen LogP contribution in [0.25, 0.3) is 6.08 Å².